The van der Waals surface area contributed by atoms with E-state index in [1.807, 2.05) is 0 Å². The summed E-state index contributed by atoms with van der Waals surface area (Å²) in [4.78, 5) is 0. The third-order valence-electron chi connectivity index (χ3n) is 1.84. The molecule has 0 bridgehead atoms. The average molecular weight is 123 g/mol. The second-order valence-corrected chi connectivity index (χ2v) is 2.68. The van der Waals surface area contributed by atoms with Gasteiger partial charge in [-0.15, -0.1) is 0 Å². The Morgan fingerprint density at radius 3 is 2.78 bits per heavy atom. The molecule has 1 heteroatoms. The van der Waals surface area contributed by atoms with Crippen LogP contribution in [0.1, 0.15) is 20.3 Å². The van der Waals surface area contributed by atoms with E-state index >= 15 is 0 Å². The summed E-state index contributed by atoms with van der Waals surface area (Å²) in [5.41, 5.74) is 8.03. The highest BCUT2D eigenvalue weighted by Gasteiger charge is 2.08. The summed E-state index contributed by atoms with van der Waals surface area (Å²) in [6.45, 7) is 4.21. The first kappa shape index (κ1) is 6.40. The third-order valence-corrected chi connectivity index (χ3v) is 1.84. The Bertz CT molecular complexity index is 165. The largest absolute Gasteiger partial charge is 0.402 e. The average Bonchev–Trinajstić information content (AvgIpc) is 1.83. The van der Waals surface area contributed by atoms with Crippen molar-refractivity contribution in [2.45, 2.75) is 20.3 Å². The molecular weight excluding hydrogens is 110 g/mol. The summed E-state index contributed by atoms with van der Waals surface area (Å²) in [6, 6.07) is 0. The zero-order valence-electron chi connectivity index (χ0n) is 6.02. The molecule has 0 saturated carbocycles. The zero-order valence-corrected chi connectivity index (χ0v) is 6.02. The van der Waals surface area contributed by atoms with Crippen molar-refractivity contribution in [3.63, 3.8) is 0 Å². The maximum atomic E-state index is 5.75. The van der Waals surface area contributed by atoms with Gasteiger partial charge in [0.05, 0.1) is 0 Å². The van der Waals surface area contributed by atoms with Crippen LogP contribution in [0.25, 0.3) is 0 Å². The van der Waals surface area contributed by atoms with Crippen LogP contribution >= 0.6 is 0 Å². The Kier molecular flexibility index (Phi) is 1.60. The number of nitrogens with two attached hydrogens (primary N) is 1. The highest BCUT2D eigenvalue weighted by atomic mass is 14.6. The molecule has 1 nitrogen and oxygen atoms in total. The van der Waals surface area contributed by atoms with E-state index in [9.17, 15) is 0 Å². The first-order valence-electron chi connectivity index (χ1n) is 3.34. The zero-order chi connectivity index (χ0) is 6.85. The van der Waals surface area contributed by atoms with E-state index in [1.54, 1.807) is 0 Å². The molecule has 0 saturated heterocycles. The van der Waals surface area contributed by atoms with E-state index in [1.165, 1.54) is 5.57 Å². The normalized spacial score (nSPS) is 27.1. The van der Waals surface area contributed by atoms with Crippen LogP contribution in [0.5, 0.6) is 0 Å². The van der Waals surface area contributed by atoms with Gasteiger partial charge >= 0.3 is 0 Å². The predicted molar refractivity (Wildman–Crippen MR) is 39.8 cm³/mol. The molecule has 0 amide bonds. The van der Waals surface area contributed by atoms with E-state index in [0.29, 0.717) is 5.92 Å². The molecule has 0 heterocycles. The van der Waals surface area contributed by atoms with Gasteiger partial charge < -0.3 is 5.73 Å². The fourth-order valence-electron chi connectivity index (χ4n) is 1.06. The van der Waals surface area contributed by atoms with E-state index in [4.69, 9.17) is 5.73 Å². The highest BCUT2D eigenvalue weighted by Crippen LogP contribution is 2.19. The van der Waals surface area contributed by atoms with Crippen LogP contribution in [0, 0.1) is 5.92 Å². The Morgan fingerprint density at radius 1 is 1.67 bits per heavy atom. The highest BCUT2D eigenvalue weighted by molar-refractivity contribution is 5.27. The van der Waals surface area contributed by atoms with Crippen LogP contribution in [0.4, 0.5) is 0 Å². The van der Waals surface area contributed by atoms with Crippen LogP contribution in [-0.2, 0) is 0 Å². The second kappa shape index (κ2) is 2.26. The number of allylic oxidation sites excluding steroid dienone is 4. The lowest BCUT2D eigenvalue weighted by molar-refractivity contribution is 0.668. The molecule has 1 aliphatic rings. The van der Waals surface area contributed by atoms with Gasteiger partial charge in [0, 0.05) is 5.70 Å². The molecule has 0 aromatic heterocycles. The summed E-state index contributed by atoms with van der Waals surface area (Å²) in [6.07, 6.45) is 5.37. The van der Waals surface area contributed by atoms with E-state index in [2.05, 4.69) is 26.0 Å². The maximum absolute atomic E-state index is 5.75. The molecule has 0 spiro atoms. The van der Waals surface area contributed by atoms with Crippen molar-refractivity contribution in [3.8, 4) is 0 Å². The van der Waals surface area contributed by atoms with Crippen molar-refractivity contribution in [3.05, 3.63) is 23.4 Å². The smallest absolute Gasteiger partial charge is 0.0142 e. The van der Waals surface area contributed by atoms with Crippen molar-refractivity contribution in [2.24, 2.45) is 11.7 Å². The van der Waals surface area contributed by atoms with Crippen molar-refractivity contribution >= 4 is 0 Å². The Balaban J connectivity index is 2.83. The fourth-order valence-corrected chi connectivity index (χ4v) is 1.06. The molecule has 1 rings (SSSR count). The Labute approximate surface area is 56.2 Å². The molecular formula is C8H13N. The third kappa shape index (κ3) is 1.15. The SMILES string of the molecule is CC1=C(N)[C@@H](C)CC=C1. The second-order valence-electron chi connectivity index (χ2n) is 2.68. The van der Waals surface area contributed by atoms with Crippen LogP contribution < -0.4 is 5.73 Å². The lowest BCUT2D eigenvalue weighted by Crippen LogP contribution is -2.12. The first-order valence-corrected chi connectivity index (χ1v) is 3.34. The predicted octanol–water partition coefficient (Wildman–Crippen LogP) is 1.82. The topological polar surface area (TPSA) is 26.0 Å². The van der Waals surface area contributed by atoms with Crippen molar-refractivity contribution in [1.29, 1.82) is 0 Å². The molecule has 0 fully saturated rings. The van der Waals surface area contributed by atoms with E-state index in [0.717, 1.165) is 12.1 Å². The van der Waals surface area contributed by atoms with Crippen LogP contribution in [0.3, 0.4) is 0 Å². The summed E-state index contributed by atoms with van der Waals surface area (Å²) in [7, 11) is 0. The molecule has 2 N–H and O–H groups in total. The van der Waals surface area contributed by atoms with Gasteiger partial charge in [0.1, 0.15) is 0 Å². The molecule has 0 aromatic carbocycles. The van der Waals surface area contributed by atoms with Crippen LogP contribution in [0.15, 0.2) is 23.4 Å². The van der Waals surface area contributed by atoms with E-state index in [-0.39, 0.29) is 0 Å². The van der Waals surface area contributed by atoms with Gasteiger partial charge in [-0.25, -0.2) is 0 Å². The van der Waals surface area contributed by atoms with Crippen molar-refractivity contribution in [1.82, 2.24) is 0 Å². The summed E-state index contributed by atoms with van der Waals surface area (Å²) in [5.74, 6) is 0.551. The van der Waals surface area contributed by atoms with Crippen LogP contribution in [0.2, 0.25) is 0 Å². The quantitative estimate of drug-likeness (QED) is 0.522. The van der Waals surface area contributed by atoms with Gasteiger partial charge in [0.2, 0.25) is 0 Å². The molecule has 0 aliphatic heterocycles. The fraction of sp³-hybridized carbons (Fsp3) is 0.500. The lowest BCUT2D eigenvalue weighted by atomic mass is 9.95. The van der Waals surface area contributed by atoms with Gasteiger partial charge in [-0.2, -0.15) is 0 Å². The van der Waals surface area contributed by atoms with Crippen molar-refractivity contribution < 1.29 is 0 Å². The molecule has 50 valence electrons. The summed E-state index contributed by atoms with van der Waals surface area (Å²) >= 11 is 0. The monoisotopic (exact) mass is 123 g/mol. The minimum absolute atomic E-state index is 0.551. The number of hydrogen-bond acceptors (Lipinski definition) is 1. The summed E-state index contributed by atoms with van der Waals surface area (Å²) < 4.78 is 0. The Morgan fingerprint density at radius 2 is 2.33 bits per heavy atom. The molecule has 1 atom stereocenters. The summed E-state index contributed by atoms with van der Waals surface area (Å²) in [5, 5.41) is 0. The van der Waals surface area contributed by atoms with Gasteiger partial charge in [-0.1, -0.05) is 19.1 Å². The number of hydrogen-bond donors (Lipinski definition) is 1. The minimum atomic E-state index is 0.551. The van der Waals surface area contributed by atoms with Gasteiger partial charge in [0.25, 0.3) is 0 Å². The minimum Gasteiger partial charge on any atom is -0.402 e. The van der Waals surface area contributed by atoms with Crippen LogP contribution in [-0.4, -0.2) is 0 Å². The molecule has 0 unspecified atom stereocenters. The van der Waals surface area contributed by atoms with Gasteiger partial charge in [0.15, 0.2) is 0 Å². The Hall–Kier alpha value is -0.720. The lowest BCUT2D eigenvalue weighted by Gasteiger charge is -2.15. The van der Waals surface area contributed by atoms with Gasteiger partial charge in [-0.3, -0.25) is 0 Å². The van der Waals surface area contributed by atoms with Gasteiger partial charge in [-0.05, 0) is 24.8 Å². The number of rotatable bonds is 0. The molecule has 1 aliphatic carbocycles. The molecule has 9 heavy (non-hydrogen) atoms. The molecule has 0 radical (unpaired) electrons. The first-order chi connectivity index (χ1) is 4.22. The molecule has 0 aromatic rings. The standard InChI is InChI=1S/C8H13N/c1-6-4-3-5-7(2)8(6)9/h3-4,7H,5,9H2,1-2H3/t7-/m0/s1. The maximum Gasteiger partial charge on any atom is 0.0142 e. The van der Waals surface area contributed by atoms with Crippen molar-refractivity contribution in [2.75, 3.05) is 0 Å². The van der Waals surface area contributed by atoms with E-state index < -0.39 is 0 Å².